The number of sulfonamides is 1. The largest absolute Gasteiger partial charge is 0.497 e. The number of carbonyl (C=O) groups is 2. The standard InChI is InChI=1S/C34H36N2O6S2/c1-41-29-18-20-30(21-19-29)44(39,40)36(31(34(38)42-2)22-23-43-25-26-12-6-3-7-13-26)24-32(37)35-33(27-14-8-4-9-15-27)28-16-10-5-11-17-28/h3-21,31,33H,22-25H2,1-2H3,(H,35,37)/t31-/m1/s1. The minimum Gasteiger partial charge on any atom is -0.497 e. The lowest BCUT2D eigenvalue weighted by Gasteiger charge is -2.29. The molecule has 0 fully saturated rings. The number of hydrogen-bond acceptors (Lipinski definition) is 7. The maximum atomic E-state index is 14.1. The van der Waals surface area contributed by atoms with Gasteiger partial charge in [-0.05, 0) is 53.1 Å². The van der Waals surface area contributed by atoms with Crippen molar-refractivity contribution >= 4 is 33.7 Å². The highest BCUT2D eigenvalue weighted by Crippen LogP contribution is 2.26. The van der Waals surface area contributed by atoms with Gasteiger partial charge in [-0.3, -0.25) is 9.59 Å². The van der Waals surface area contributed by atoms with Crippen molar-refractivity contribution in [3.8, 4) is 5.75 Å². The summed E-state index contributed by atoms with van der Waals surface area (Å²) in [6, 6.07) is 32.8. The highest BCUT2D eigenvalue weighted by Gasteiger charge is 2.38. The normalized spacial score (nSPS) is 12.1. The van der Waals surface area contributed by atoms with Gasteiger partial charge in [0.25, 0.3) is 0 Å². The van der Waals surface area contributed by atoms with E-state index < -0.39 is 40.5 Å². The monoisotopic (exact) mass is 632 g/mol. The number of rotatable bonds is 15. The van der Waals surface area contributed by atoms with E-state index >= 15 is 0 Å². The van der Waals surface area contributed by atoms with Crippen LogP contribution in [0, 0.1) is 0 Å². The van der Waals surface area contributed by atoms with Crippen molar-refractivity contribution in [2.75, 3.05) is 26.5 Å². The number of benzene rings is 4. The molecule has 1 atom stereocenters. The fourth-order valence-electron chi connectivity index (χ4n) is 4.72. The van der Waals surface area contributed by atoms with Crippen molar-refractivity contribution in [3.63, 3.8) is 0 Å². The Morgan fingerprint density at radius 2 is 1.34 bits per heavy atom. The Bertz CT molecular complexity index is 1550. The van der Waals surface area contributed by atoms with E-state index in [0.29, 0.717) is 17.3 Å². The Kier molecular flexibility index (Phi) is 12.0. The maximum absolute atomic E-state index is 14.1. The van der Waals surface area contributed by atoms with Gasteiger partial charge in [0.05, 0.1) is 31.7 Å². The number of hydrogen-bond donors (Lipinski definition) is 1. The van der Waals surface area contributed by atoms with Gasteiger partial charge in [-0.2, -0.15) is 16.1 Å². The molecule has 0 radical (unpaired) electrons. The van der Waals surface area contributed by atoms with Crippen LogP contribution >= 0.6 is 11.8 Å². The Morgan fingerprint density at radius 3 is 1.86 bits per heavy atom. The van der Waals surface area contributed by atoms with E-state index in [4.69, 9.17) is 9.47 Å². The number of nitrogens with zero attached hydrogens (tertiary/aromatic N) is 1. The minimum absolute atomic E-state index is 0.0698. The van der Waals surface area contributed by atoms with Crippen LogP contribution in [0.15, 0.2) is 120 Å². The molecule has 1 N–H and O–H groups in total. The van der Waals surface area contributed by atoms with Crippen LogP contribution in [0.4, 0.5) is 0 Å². The minimum atomic E-state index is -4.32. The first-order chi connectivity index (χ1) is 21.3. The highest BCUT2D eigenvalue weighted by atomic mass is 32.2. The molecular formula is C34H36N2O6S2. The first kappa shape index (κ1) is 32.8. The molecule has 0 unspecified atom stereocenters. The van der Waals surface area contributed by atoms with Crippen LogP contribution in [0.2, 0.25) is 0 Å². The van der Waals surface area contributed by atoms with Crippen LogP contribution in [0.1, 0.15) is 29.2 Å². The predicted octanol–water partition coefficient (Wildman–Crippen LogP) is 5.46. The second kappa shape index (κ2) is 16.1. The highest BCUT2D eigenvalue weighted by molar-refractivity contribution is 7.98. The van der Waals surface area contributed by atoms with Gasteiger partial charge in [0.2, 0.25) is 15.9 Å². The lowest BCUT2D eigenvalue weighted by atomic mass is 9.99. The summed E-state index contributed by atoms with van der Waals surface area (Å²) in [7, 11) is -1.63. The van der Waals surface area contributed by atoms with E-state index in [-0.39, 0.29) is 11.3 Å². The molecule has 4 aromatic carbocycles. The molecule has 44 heavy (non-hydrogen) atoms. The van der Waals surface area contributed by atoms with Gasteiger partial charge >= 0.3 is 5.97 Å². The lowest BCUT2D eigenvalue weighted by molar-refractivity contribution is -0.145. The number of carbonyl (C=O) groups excluding carboxylic acids is 2. The molecule has 230 valence electrons. The smallest absolute Gasteiger partial charge is 0.324 e. The van der Waals surface area contributed by atoms with Gasteiger partial charge in [0.15, 0.2) is 0 Å². The van der Waals surface area contributed by atoms with Crippen molar-refractivity contribution in [2.45, 2.75) is 29.2 Å². The lowest BCUT2D eigenvalue weighted by Crippen LogP contribution is -2.50. The number of ether oxygens (including phenoxy) is 2. The zero-order valence-electron chi connectivity index (χ0n) is 24.7. The predicted molar refractivity (Wildman–Crippen MR) is 173 cm³/mol. The second-order valence-electron chi connectivity index (χ2n) is 9.91. The van der Waals surface area contributed by atoms with Crippen LogP contribution in [-0.2, 0) is 30.1 Å². The number of thioether (sulfide) groups is 1. The van der Waals surface area contributed by atoms with E-state index in [1.807, 2.05) is 91.0 Å². The van der Waals surface area contributed by atoms with Gasteiger partial charge in [-0.1, -0.05) is 91.0 Å². The third-order valence-electron chi connectivity index (χ3n) is 7.00. The molecule has 0 saturated heterocycles. The summed E-state index contributed by atoms with van der Waals surface area (Å²) < 4.78 is 39.4. The Morgan fingerprint density at radius 1 is 0.795 bits per heavy atom. The molecule has 0 heterocycles. The topological polar surface area (TPSA) is 102 Å². The Balaban J connectivity index is 1.63. The zero-order valence-corrected chi connectivity index (χ0v) is 26.3. The molecule has 0 bridgehead atoms. The summed E-state index contributed by atoms with van der Waals surface area (Å²) in [5, 5.41) is 3.00. The molecule has 0 aliphatic carbocycles. The van der Waals surface area contributed by atoms with Gasteiger partial charge < -0.3 is 14.8 Å². The molecule has 0 aromatic heterocycles. The number of methoxy groups -OCH3 is 2. The molecule has 0 aliphatic heterocycles. The third kappa shape index (κ3) is 8.72. The van der Waals surface area contributed by atoms with Crippen molar-refractivity contribution in [2.24, 2.45) is 0 Å². The van der Waals surface area contributed by atoms with Crippen molar-refractivity contribution in [1.82, 2.24) is 9.62 Å². The van der Waals surface area contributed by atoms with E-state index in [1.54, 1.807) is 11.8 Å². The summed E-state index contributed by atoms with van der Waals surface area (Å²) in [5.74, 6) is 0.324. The summed E-state index contributed by atoms with van der Waals surface area (Å²) in [6.45, 7) is -0.590. The number of nitrogens with one attached hydrogen (secondary N) is 1. The van der Waals surface area contributed by atoms with Crippen molar-refractivity contribution in [1.29, 1.82) is 0 Å². The third-order valence-corrected chi connectivity index (χ3v) is 9.94. The van der Waals surface area contributed by atoms with E-state index in [2.05, 4.69) is 5.32 Å². The molecule has 0 spiro atoms. The summed E-state index contributed by atoms with van der Waals surface area (Å²) >= 11 is 1.57. The molecule has 0 aliphatic rings. The average molecular weight is 633 g/mol. The molecule has 8 nitrogen and oxygen atoms in total. The first-order valence-electron chi connectivity index (χ1n) is 14.1. The Labute approximate surface area is 263 Å². The van der Waals surface area contributed by atoms with Crippen molar-refractivity contribution < 1.29 is 27.5 Å². The van der Waals surface area contributed by atoms with Crippen LogP contribution in [0.25, 0.3) is 0 Å². The fraction of sp³-hybridized carbons (Fsp3) is 0.235. The number of esters is 1. The Hall–Kier alpha value is -4.12. The summed E-state index contributed by atoms with van der Waals surface area (Å²) in [5.41, 5.74) is 2.78. The van der Waals surface area contributed by atoms with Gasteiger partial charge in [-0.15, -0.1) is 0 Å². The van der Waals surface area contributed by atoms with Gasteiger partial charge in [-0.25, -0.2) is 8.42 Å². The molecule has 1 amide bonds. The second-order valence-corrected chi connectivity index (χ2v) is 12.9. The first-order valence-corrected chi connectivity index (χ1v) is 16.7. The summed E-state index contributed by atoms with van der Waals surface area (Å²) in [4.78, 5) is 26.8. The average Bonchev–Trinajstić information content (AvgIpc) is 3.07. The van der Waals surface area contributed by atoms with Crippen LogP contribution in [-0.4, -0.2) is 57.2 Å². The fourth-order valence-corrected chi connectivity index (χ4v) is 7.25. The van der Waals surface area contributed by atoms with Crippen LogP contribution in [0.5, 0.6) is 5.75 Å². The quantitative estimate of drug-likeness (QED) is 0.137. The van der Waals surface area contributed by atoms with Crippen LogP contribution in [0.3, 0.4) is 0 Å². The van der Waals surface area contributed by atoms with Gasteiger partial charge in [0.1, 0.15) is 11.8 Å². The maximum Gasteiger partial charge on any atom is 0.324 e. The van der Waals surface area contributed by atoms with Crippen LogP contribution < -0.4 is 10.1 Å². The molecule has 0 saturated carbocycles. The zero-order chi connectivity index (χ0) is 31.4. The van der Waals surface area contributed by atoms with Crippen molar-refractivity contribution in [3.05, 3.63) is 132 Å². The molecular weight excluding hydrogens is 597 g/mol. The molecule has 4 rings (SSSR count). The molecule has 4 aromatic rings. The SMILES string of the molecule is COC(=O)[C@@H](CCSCc1ccccc1)N(CC(=O)NC(c1ccccc1)c1ccccc1)S(=O)(=O)c1ccc(OC)cc1. The van der Waals surface area contributed by atoms with E-state index in [9.17, 15) is 18.0 Å². The van der Waals surface area contributed by atoms with E-state index in [0.717, 1.165) is 21.0 Å². The van der Waals surface area contributed by atoms with E-state index in [1.165, 1.54) is 38.5 Å². The summed E-state index contributed by atoms with van der Waals surface area (Å²) in [6.07, 6.45) is 0.146. The number of amides is 1. The molecule has 10 heteroatoms. The van der Waals surface area contributed by atoms with Gasteiger partial charge in [0, 0.05) is 5.75 Å².